The first-order valence-corrected chi connectivity index (χ1v) is 6.33. The van der Waals surface area contributed by atoms with E-state index in [2.05, 4.69) is 0 Å². The Morgan fingerprint density at radius 1 is 1.28 bits per heavy atom. The summed E-state index contributed by atoms with van der Waals surface area (Å²) in [5.74, 6) is 0.472. The van der Waals surface area contributed by atoms with Crippen LogP contribution < -0.4 is 5.73 Å². The summed E-state index contributed by atoms with van der Waals surface area (Å²) < 4.78 is 0. The molecule has 0 aliphatic heterocycles. The number of hydrogen-bond acceptors (Lipinski definition) is 3. The molecule has 1 saturated carbocycles. The van der Waals surface area contributed by atoms with Gasteiger partial charge in [-0.25, -0.2) is 0 Å². The van der Waals surface area contributed by atoms with Crippen LogP contribution in [-0.2, 0) is 0 Å². The van der Waals surface area contributed by atoms with E-state index in [4.69, 9.17) is 5.73 Å². The summed E-state index contributed by atoms with van der Waals surface area (Å²) in [7, 11) is 0. The van der Waals surface area contributed by atoms with Gasteiger partial charge in [-0.15, -0.1) is 12.4 Å². The molecule has 0 heterocycles. The molecule has 3 nitrogen and oxygen atoms in total. The first kappa shape index (κ1) is 15.3. The van der Waals surface area contributed by atoms with Crippen LogP contribution in [0.1, 0.15) is 42.9 Å². The molecular weight excluding hydrogens is 250 g/mol. The highest BCUT2D eigenvalue weighted by atomic mass is 35.5. The lowest BCUT2D eigenvalue weighted by Crippen LogP contribution is -2.31. The fourth-order valence-corrected chi connectivity index (χ4v) is 2.71. The van der Waals surface area contributed by atoms with Gasteiger partial charge < -0.3 is 15.9 Å². The van der Waals surface area contributed by atoms with E-state index in [1.165, 1.54) is 12.8 Å². The maximum atomic E-state index is 10.2. The molecule has 2 rings (SSSR count). The topological polar surface area (TPSA) is 66.5 Å². The molecule has 1 aliphatic rings. The van der Waals surface area contributed by atoms with E-state index >= 15 is 0 Å². The number of phenolic OH excluding ortho intramolecular Hbond substituents is 1. The third-order valence-corrected chi connectivity index (χ3v) is 3.80. The van der Waals surface area contributed by atoms with Crippen molar-refractivity contribution < 1.29 is 10.2 Å². The van der Waals surface area contributed by atoms with Crippen LogP contribution in [0.5, 0.6) is 5.75 Å². The van der Waals surface area contributed by atoms with Gasteiger partial charge in [0.25, 0.3) is 0 Å². The maximum absolute atomic E-state index is 10.2. The molecule has 0 amide bonds. The zero-order chi connectivity index (χ0) is 12.4. The van der Waals surface area contributed by atoms with Gasteiger partial charge in [0.1, 0.15) is 5.75 Å². The Hall–Kier alpha value is -0.770. The fourth-order valence-electron chi connectivity index (χ4n) is 2.71. The second-order valence-corrected chi connectivity index (χ2v) is 5.12. The maximum Gasteiger partial charge on any atom is 0.120 e. The lowest BCUT2D eigenvalue weighted by molar-refractivity contribution is 0.0836. The van der Waals surface area contributed by atoms with Crippen molar-refractivity contribution in [1.82, 2.24) is 0 Å². The van der Waals surface area contributed by atoms with E-state index in [0.717, 1.165) is 18.4 Å². The van der Waals surface area contributed by atoms with Crippen molar-refractivity contribution in [2.75, 3.05) is 0 Å². The highest BCUT2D eigenvalue weighted by molar-refractivity contribution is 5.85. The number of phenols is 1. The quantitative estimate of drug-likeness (QED) is 0.792. The minimum atomic E-state index is -0.550. The molecule has 0 radical (unpaired) electrons. The van der Waals surface area contributed by atoms with Gasteiger partial charge in [-0.2, -0.15) is 0 Å². The number of hydrogen-bond donors (Lipinski definition) is 3. The monoisotopic (exact) mass is 271 g/mol. The molecule has 4 N–H and O–H groups in total. The molecule has 0 unspecified atom stereocenters. The van der Waals surface area contributed by atoms with Crippen molar-refractivity contribution >= 4 is 12.4 Å². The Balaban J connectivity index is 0.00000162. The van der Waals surface area contributed by atoms with Crippen molar-refractivity contribution in [3.05, 3.63) is 29.3 Å². The molecule has 18 heavy (non-hydrogen) atoms. The number of rotatable bonds is 3. The number of aryl methyl sites for hydroxylation is 1. The highest BCUT2D eigenvalue weighted by Gasteiger charge is 2.29. The van der Waals surface area contributed by atoms with Crippen molar-refractivity contribution in [3.8, 4) is 5.75 Å². The van der Waals surface area contributed by atoms with Gasteiger partial charge in [-0.3, -0.25) is 0 Å². The van der Waals surface area contributed by atoms with Gasteiger partial charge >= 0.3 is 0 Å². The lowest BCUT2D eigenvalue weighted by atomic mass is 9.90. The average Bonchev–Trinajstić information content (AvgIpc) is 2.80. The molecule has 1 aromatic carbocycles. The number of aliphatic hydroxyl groups is 1. The summed E-state index contributed by atoms with van der Waals surface area (Å²) in [6.45, 7) is 1.92. The molecule has 0 spiro atoms. The Morgan fingerprint density at radius 3 is 2.44 bits per heavy atom. The summed E-state index contributed by atoms with van der Waals surface area (Å²) in [5, 5.41) is 20.1. The first-order valence-electron chi connectivity index (χ1n) is 6.33. The van der Waals surface area contributed by atoms with Crippen molar-refractivity contribution in [3.63, 3.8) is 0 Å². The van der Waals surface area contributed by atoms with E-state index in [9.17, 15) is 10.2 Å². The van der Waals surface area contributed by atoms with Gasteiger partial charge in [0.15, 0.2) is 0 Å². The average molecular weight is 272 g/mol. The normalized spacial score (nSPS) is 19.3. The first-order chi connectivity index (χ1) is 8.09. The second kappa shape index (κ2) is 6.41. The third kappa shape index (κ3) is 3.16. The molecular formula is C14H22ClNO2. The molecule has 0 bridgehead atoms. The van der Waals surface area contributed by atoms with Crippen LogP contribution >= 0.6 is 12.4 Å². The Bertz CT molecular complexity index is 391. The molecule has 0 aromatic heterocycles. The zero-order valence-electron chi connectivity index (χ0n) is 10.7. The van der Waals surface area contributed by atoms with Crippen LogP contribution in [0, 0.1) is 12.8 Å². The van der Waals surface area contributed by atoms with Crippen LogP contribution in [0.25, 0.3) is 0 Å². The van der Waals surface area contributed by atoms with Gasteiger partial charge in [0, 0.05) is 5.56 Å². The van der Waals surface area contributed by atoms with Gasteiger partial charge in [0.2, 0.25) is 0 Å². The molecule has 1 aromatic rings. The number of nitrogens with two attached hydrogens (primary N) is 1. The minimum Gasteiger partial charge on any atom is -0.508 e. The second-order valence-electron chi connectivity index (χ2n) is 5.12. The standard InChI is InChI=1S/C14H21NO2.ClH/c1-9-6-7-11(12(16)8-9)13(15)14(17)10-4-2-3-5-10;/h6-8,10,13-14,16-17H,2-5,15H2,1H3;1H/t13-,14+;/m1./s1. The fraction of sp³-hybridized carbons (Fsp3) is 0.571. The lowest BCUT2D eigenvalue weighted by Gasteiger charge is -2.25. The third-order valence-electron chi connectivity index (χ3n) is 3.80. The predicted molar refractivity (Wildman–Crippen MR) is 75.0 cm³/mol. The Morgan fingerprint density at radius 2 is 1.89 bits per heavy atom. The number of benzene rings is 1. The summed E-state index contributed by atoms with van der Waals surface area (Å²) in [5.41, 5.74) is 7.70. The number of halogens is 1. The van der Waals surface area contributed by atoms with E-state index in [0.29, 0.717) is 5.56 Å². The molecule has 1 fully saturated rings. The predicted octanol–water partition coefficient (Wildman–Crippen LogP) is 2.67. The van der Waals surface area contributed by atoms with E-state index in [-0.39, 0.29) is 24.1 Å². The van der Waals surface area contributed by atoms with E-state index < -0.39 is 12.1 Å². The minimum absolute atomic E-state index is 0. The van der Waals surface area contributed by atoms with E-state index in [1.54, 1.807) is 6.07 Å². The van der Waals surface area contributed by atoms with Crippen molar-refractivity contribution in [1.29, 1.82) is 0 Å². The molecule has 102 valence electrons. The Kier molecular flexibility index (Phi) is 5.45. The van der Waals surface area contributed by atoms with Gasteiger partial charge in [-0.1, -0.05) is 25.0 Å². The molecule has 4 heteroatoms. The summed E-state index contributed by atoms with van der Waals surface area (Å²) in [4.78, 5) is 0. The van der Waals surface area contributed by atoms with Crippen molar-refractivity contribution in [2.24, 2.45) is 11.7 Å². The molecule has 0 saturated heterocycles. The highest BCUT2D eigenvalue weighted by Crippen LogP contribution is 2.34. The largest absolute Gasteiger partial charge is 0.508 e. The van der Waals surface area contributed by atoms with Crippen molar-refractivity contribution in [2.45, 2.75) is 44.8 Å². The Labute approximate surface area is 114 Å². The van der Waals surface area contributed by atoms with Gasteiger partial charge in [-0.05, 0) is 37.3 Å². The van der Waals surface area contributed by atoms with Crippen LogP contribution in [0.3, 0.4) is 0 Å². The number of aliphatic hydroxyl groups excluding tert-OH is 1. The van der Waals surface area contributed by atoms with Crippen LogP contribution in [-0.4, -0.2) is 16.3 Å². The number of aromatic hydroxyl groups is 1. The molecule has 2 atom stereocenters. The SMILES string of the molecule is Cc1ccc([C@@H](N)[C@@H](O)C2CCCC2)c(O)c1.Cl. The van der Waals surface area contributed by atoms with E-state index in [1.807, 2.05) is 19.1 Å². The summed E-state index contributed by atoms with van der Waals surface area (Å²) in [6, 6.07) is 4.93. The zero-order valence-corrected chi connectivity index (χ0v) is 11.5. The van der Waals surface area contributed by atoms with Crippen LogP contribution in [0.4, 0.5) is 0 Å². The van der Waals surface area contributed by atoms with Crippen LogP contribution in [0.15, 0.2) is 18.2 Å². The summed E-state index contributed by atoms with van der Waals surface area (Å²) >= 11 is 0. The van der Waals surface area contributed by atoms with Gasteiger partial charge in [0.05, 0.1) is 12.1 Å². The summed E-state index contributed by atoms with van der Waals surface area (Å²) in [6.07, 6.45) is 3.89. The smallest absolute Gasteiger partial charge is 0.120 e. The molecule has 1 aliphatic carbocycles. The van der Waals surface area contributed by atoms with Crippen LogP contribution in [0.2, 0.25) is 0 Å².